The Morgan fingerprint density at radius 3 is 2.64 bits per heavy atom. The summed E-state index contributed by atoms with van der Waals surface area (Å²) in [7, 11) is 0. The van der Waals surface area contributed by atoms with Crippen LogP contribution in [0.4, 0.5) is 0 Å². The number of aromatic nitrogens is 3. The lowest BCUT2D eigenvalue weighted by Crippen LogP contribution is -2.30. The second-order valence-corrected chi connectivity index (χ2v) is 7.30. The molecule has 0 saturated carbocycles. The van der Waals surface area contributed by atoms with Gasteiger partial charge in [-0.25, -0.2) is 0 Å². The minimum Gasteiger partial charge on any atom is -0.349 e. The third kappa shape index (κ3) is 4.60. The van der Waals surface area contributed by atoms with E-state index in [1.807, 2.05) is 47.0 Å². The van der Waals surface area contributed by atoms with E-state index in [0.29, 0.717) is 11.7 Å². The maximum Gasteiger partial charge on any atom is 0.230 e. The molecule has 6 heteroatoms. The van der Waals surface area contributed by atoms with Crippen LogP contribution in [0.2, 0.25) is 0 Å². The van der Waals surface area contributed by atoms with Crippen molar-refractivity contribution in [2.24, 2.45) is 5.92 Å². The Morgan fingerprint density at radius 1 is 1.12 bits per heavy atom. The molecule has 25 heavy (non-hydrogen) atoms. The van der Waals surface area contributed by atoms with Crippen molar-refractivity contribution in [1.82, 2.24) is 19.9 Å². The van der Waals surface area contributed by atoms with Gasteiger partial charge in [0.1, 0.15) is 0 Å². The van der Waals surface area contributed by atoms with E-state index in [9.17, 15) is 4.79 Å². The van der Waals surface area contributed by atoms with Crippen LogP contribution in [0, 0.1) is 5.92 Å². The van der Waals surface area contributed by atoms with Crippen LogP contribution >= 0.6 is 11.8 Å². The molecule has 1 unspecified atom stereocenters. The summed E-state index contributed by atoms with van der Waals surface area (Å²) in [5.74, 6) is 0.822. The molecule has 1 aromatic carbocycles. The SMILES string of the molecule is CC(C)CC(NC(=O)CSc1nnc2ccccn12)c1ccccc1. The quantitative estimate of drug-likeness (QED) is 0.657. The fraction of sp³-hybridized carbons (Fsp3) is 0.316. The topological polar surface area (TPSA) is 59.3 Å². The maximum atomic E-state index is 12.5. The minimum atomic E-state index is 0.00665. The van der Waals surface area contributed by atoms with E-state index in [2.05, 4.69) is 41.5 Å². The zero-order valence-electron chi connectivity index (χ0n) is 14.4. The lowest BCUT2D eigenvalue weighted by Gasteiger charge is -2.21. The van der Waals surface area contributed by atoms with Crippen molar-refractivity contribution in [1.29, 1.82) is 0 Å². The van der Waals surface area contributed by atoms with Crippen LogP contribution in [-0.4, -0.2) is 26.3 Å². The Labute approximate surface area is 151 Å². The van der Waals surface area contributed by atoms with Gasteiger partial charge in [-0.05, 0) is 30.0 Å². The summed E-state index contributed by atoms with van der Waals surface area (Å²) < 4.78 is 1.89. The number of pyridine rings is 1. The van der Waals surface area contributed by atoms with Gasteiger partial charge in [0, 0.05) is 6.20 Å². The highest BCUT2D eigenvalue weighted by Gasteiger charge is 2.17. The first-order chi connectivity index (χ1) is 12.1. The first-order valence-corrected chi connectivity index (χ1v) is 9.39. The molecule has 0 aliphatic rings. The van der Waals surface area contributed by atoms with Crippen LogP contribution in [0.5, 0.6) is 0 Å². The highest BCUT2D eigenvalue weighted by Crippen LogP contribution is 2.22. The average Bonchev–Trinajstić information content (AvgIpc) is 3.03. The molecule has 1 atom stereocenters. The van der Waals surface area contributed by atoms with Gasteiger partial charge in [0.05, 0.1) is 11.8 Å². The fourth-order valence-corrected chi connectivity index (χ4v) is 3.45. The van der Waals surface area contributed by atoms with Crippen LogP contribution < -0.4 is 5.32 Å². The normalized spacial score (nSPS) is 12.4. The monoisotopic (exact) mass is 354 g/mol. The van der Waals surface area contributed by atoms with Gasteiger partial charge in [-0.15, -0.1) is 10.2 Å². The van der Waals surface area contributed by atoms with Crippen molar-refractivity contribution >= 4 is 23.3 Å². The molecule has 5 nitrogen and oxygen atoms in total. The largest absolute Gasteiger partial charge is 0.349 e. The fourth-order valence-electron chi connectivity index (χ4n) is 2.72. The Kier molecular flexibility index (Phi) is 5.71. The summed E-state index contributed by atoms with van der Waals surface area (Å²) in [4.78, 5) is 12.5. The molecule has 0 bridgehead atoms. The average molecular weight is 354 g/mol. The number of hydrogen-bond acceptors (Lipinski definition) is 4. The third-order valence-corrected chi connectivity index (χ3v) is 4.80. The number of nitrogens with zero attached hydrogens (tertiary/aromatic N) is 3. The Balaban J connectivity index is 1.63. The molecule has 130 valence electrons. The smallest absolute Gasteiger partial charge is 0.230 e. The van der Waals surface area contributed by atoms with Crippen molar-refractivity contribution in [3.05, 3.63) is 60.3 Å². The molecular formula is C19H22N4OS. The molecule has 0 spiro atoms. The van der Waals surface area contributed by atoms with Crippen LogP contribution in [0.1, 0.15) is 31.9 Å². The molecule has 0 radical (unpaired) electrons. The lowest BCUT2D eigenvalue weighted by atomic mass is 9.97. The highest BCUT2D eigenvalue weighted by atomic mass is 32.2. The number of benzene rings is 1. The van der Waals surface area contributed by atoms with Crippen LogP contribution in [-0.2, 0) is 4.79 Å². The third-order valence-electron chi connectivity index (χ3n) is 3.86. The zero-order chi connectivity index (χ0) is 17.6. The summed E-state index contributed by atoms with van der Waals surface area (Å²) in [5.41, 5.74) is 1.93. The first kappa shape index (κ1) is 17.5. The first-order valence-electron chi connectivity index (χ1n) is 8.40. The van der Waals surface area contributed by atoms with Gasteiger partial charge < -0.3 is 5.32 Å². The van der Waals surface area contributed by atoms with Crippen molar-refractivity contribution < 1.29 is 4.79 Å². The second kappa shape index (κ2) is 8.16. The molecule has 2 heterocycles. The lowest BCUT2D eigenvalue weighted by molar-refractivity contribution is -0.119. The predicted molar refractivity (Wildman–Crippen MR) is 100 cm³/mol. The predicted octanol–water partition coefficient (Wildman–Crippen LogP) is 3.73. The number of carbonyl (C=O) groups excluding carboxylic acids is 1. The van der Waals surface area contributed by atoms with E-state index < -0.39 is 0 Å². The molecular weight excluding hydrogens is 332 g/mol. The van der Waals surface area contributed by atoms with Crippen molar-refractivity contribution in [2.75, 3.05) is 5.75 Å². The molecule has 0 aliphatic carbocycles. The molecule has 1 amide bonds. The summed E-state index contributed by atoms with van der Waals surface area (Å²) in [6.07, 6.45) is 2.81. The number of amides is 1. The van der Waals surface area contributed by atoms with E-state index >= 15 is 0 Å². The highest BCUT2D eigenvalue weighted by molar-refractivity contribution is 7.99. The van der Waals surface area contributed by atoms with Gasteiger partial charge in [0.2, 0.25) is 5.91 Å². The van der Waals surface area contributed by atoms with Crippen molar-refractivity contribution in [3.8, 4) is 0 Å². The van der Waals surface area contributed by atoms with E-state index in [1.54, 1.807) is 0 Å². The van der Waals surface area contributed by atoms with Gasteiger partial charge >= 0.3 is 0 Å². The summed E-state index contributed by atoms with van der Waals surface area (Å²) in [5, 5.41) is 12.1. The van der Waals surface area contributed by atoms with Gasteiger partial charge in [-0.1, -0.05) is 62.0 Å². The van der Waals surface area contributed by atoms with Gasteiger partial charge in [-0.2, -0.15) is 0 Å². The van der Waals surface area contributed by atoms with E-state index in [-0.39, 0.29) is 11.9 Å². The van der Waals surface area contributed by atoms with Gasteiger partial charge in [0.15, 0.2) is 10.8 Å². The van der Waals surface area contributed by atoms with Crippen molar-refractivity contribution in [3.63, 3.8) is 0 Å². The van der Waals surface area contributed by atoms with E-state index in [4.69, 9.17) is 0 Å². The molecule has 0 aliphatic heterocycles. The minimum absolute atomic E-state index is 0.00665. The summed E-state index contributed by atoms with van der Waals surface area (Å²) in [6.45, 7) is 4.33. The zero-order valence-corrected chi connectivity index (χ0v) is 15.2. The number of fused-ring (bicyclic) bond motifs is 1. The number of hydrogen-bond donors (Lipinski definition) is 1. The summed E-state index contributed by atoms with van der Waals surface area (Å²) >= 11 is 1.40. The van der Waals surface area contributed by atoms with Crippen LogP contribution in [0.15, 0.2) is 59.9 Å². The number of rotatable bonds is 7. The van der Waals surface area contributed by atoms with Crippen LogP contribution in [0.3, 0.4) is 0 Å². The Bertz CT molecular complexity index is 832. The molecule has 2 aromatic heterocycles. The second-order valence-electron chi connectivity index (χ2n) is 6.36. The molecule has 0 fully saturated rings. The number of nitrogens with one attached hydrogen (secondary N) is 1. The standard InChI is InChI=1S/C19H22N4OS/c1-14(2)12-16(15-8-4-3-5-9-15)20-18(24)13-25-19-22-21-17-10-6-7-11-23(17)19/h3-11,14,16H,12-13H2,1-2H3,(H,20,24). The van der Waals surface area contributed by atoms with E-state index in [1.165, 1.54) is 11.8 Å². The molecule has 1 N–H and O–H groups in total. The number of thioether (sulfide) groups is 1. The molecule has 3 aromatic rings. The van der Waals surface area contributed by atoms with E-state index in [0.717, 1.165) is 22.8 Å². The Hall–Kier alpha value is -2.34. The summed E-state index contributed by atoms with van der Waals surface area (Å²) in [6, 6.07) is 15.9. The van der Waals surface area contributed by atoms with Crippen LogP contribution in [0.25, 0.3) is 5.65 Å². The Morgan fingerprint density at radius 2 is 1.88 bits per heavy atom. The molecule has 3 rings (SSSR count). The van der Waals surface area contributed by atoms with Gasteiger partial charge in [0.25, 0.3) is 0 Å². The maximum absolute atomic E-state index is 12.5. The molecule has 0 saturated heterocycles. The number of carbonyl (C=O) groups is 1. The van der Waals surface area contributed by atoms with Crippen molar-refractivity contribution in [2.45, 2.75) is 31.5 Å². The van der Waals surface area contributed by atoms with Gasteiger partial charge in [-0.3, -0.25) is 9.20 Å².